The van der Waals surface area contributed by atoms with Crippen molar-refractivity contribution in [2.24, 2.45) is 0 Å². The van der Waals surface area contributed by atoms with Crippen LogP contribution in [0.2, 0.25) is 5.02 Å². The van der Waals surface area contributed by atoms with Gasteiger partial charge >= 0.3 is 0 Å². The summed E-state index contributed by atoms with van der Waals surface area (Å²) in [5.41, 5.74) is 6.11. The van der Waals surface area contributed by atoms with E-state index in [0.29, 0.717) is 16.3 Å². The summed E-state index contributed by atoms with van der Waals surface area (Å²) in [6, 6.07) is 6.52. The normalized spacial score (nSPS) is 9.68. The molecule has 0 saturated heterocycles. The zero-order chi connectivity index (χ0) is 13.8. The third-order valence-corrected chi connectivity index (χ3v) is 2.47. The second-order valence-corrected chi connectivity index (χ2v) is 4.02. The standard InChI is InChI=1S/C12H8ClN5O/c13-8-2-1-7(4-14)9(3-8)18-12(19)10-5-16-6-11(15)17-10/h1-3,5-6H,(H2,15,17)(H,18,19). The molecule has 0 radical (unpaired) electrons. The maximum absolute atomic E-state index is 11.9. The molecule has 0 unspecified atom stereocenters. The second-order valence-electron chi connectivity index (χ2n) is 3.59. The lowest BCUT2D eigenvalue weighted by Crippen LogP contribution is -2.15. The van der Waals surface area contributed by atoms with Gasteiger partial charge in [0.05, 0.1) is 23.6 Å². The molecule has 0 spiro atoms. The third kappa shape index (κ3) is 2.97. The Morgan fingerprint density at radius 1 is 1.42 bits per heavy atom. The fourth-order valence-corrected chi connectivity index (χ4v) is 1.57. The van der Waals surface area contributed by atoms with Crippen molar-refractivity contribution >= 4 is 29.0 Å². The molecule has 19 heavy (non-hydrogen) atoms. The summed E-state index contributed by atoms with van der Waals surface area (Å²) in [4.78, 5) is 19.5. The summed E-state index contributed by atoms with van der Waals surface area (Å²) in [5.74, 6) is -0.377. The fourth-order valence-electron chi connectivity index (χ4n) is 1.39. The quantitative estimate of drug-likeness (QED) is 0.868. The van der Waals surface area contributed by atoms with Gasteiger partial charge in [0.2, 0.25) is 0 Å². The Morgan fingerprint density at radius 2 is 2.21 bits per heavy atom. The van der Waals surface area contributed by atoms with Gasteiger partial charge in [-0.05, 0) is 18.2 Å². The summed E-state index contributed by atoms with van der Waals surface area (Å²) in [5, 5.41) is 11.9. The maximum atomic E-state index is 11.9. The van der Waals surface area contributed by atoms with E-state index in [9.17, 15) is 4.79 Å². The van der Waals surface area contributed by atoms with Gasteiger partial charge in [0, 0.05) is 5.02 Å². The van der Waals surface area contributed by atoms with Crippen LogP contribution in [0, 0.1) is 11.3 Å². The van der Waals surface area contributed by atoms with Gasteiger partial charge in [0.25, 0.3) is 5.91 Å². The molecule has 2 aromatic rings. The van der Waals surface area contributed by atoms with Gasteiger partial charge in [-0.3, -0.25) is 9.78 Å². The Labute approximate surface area is 113 Å². The lowest BCUT2D eigenvalue weighted by molar-refractivity contribution is 0.102. The van der Waals surface area contributed by atoms with Gasteiger partial charge in [-0.25, -0.2) is 4.98 Å². The number of hydrogen-bond donors (Lipinski definition) is 2. The minimum atomic E-state index is -0.515. The number of benzene rings is 1. The molecule has 1 aromatic carbocycles. The summed E-state index contributed by atoms with van der Waals surface area (Å²) < 4.78 is 0. The number of nitriles is 1. The number of amides is 1. The van der Waals surface area contributed by atoms with Gasteiger partial charge in [0.15, 0.2) is 0 Å². The molecular formula is C12H8ClN5O. The van der Waals surface area contributed by atoms with Crippen LogP contribution in [0.5, 0.6) is 0 Å². The molecular weight excluding hydrogens is 266 g/mol. The smallest absolute Gasteiger partial charge is 0.275 e. The van der Waals surface area contributed by atoms with Crippen molar-refractivity contribution in [2.45, 2.75) is 0 Å². The van der Waals surface area contributed by atoms with Crippen LogP contribution in [0.25, 0.3) is 0 Å². The van der Waals surface area contributed by atoms with Crippen molar-refractivity contribution in [3.63, 3.8) is 0 Å². The highest BCUT2D eigenvalue weighted by molar-refractivity contribution is 6.31. The van der Waals surface area contributed by atoms with E-state index >= 15 is 0 Å². The number of anilines is 2. The number of aromatic nitrogens is 2. The van der Waals surface area contributed by atoms with Crippen LogP contribution in [0.4, 0.5) is 11.5 Å². The van der Waals surface area contributed by atoms with E-state index in [2.05, 4.69) is 15.3 Å². The van der Waals surface area contributed by atoms with Gasteiger partial charge in [-0.2, -0.15) is 5.26 Å². The highest BCUT2D eigenvalue weighted by Crippen LogP contribution is 2.20. The number of hydrogen-bond acceptors (Lipinski definition) is 5. The first-order valence-electron chi connectivity index (χ1n) is 5.18. The monoisotopic (exact) mass is 273 g/mol. The SMILES string of the molecule is N#Cc1ccc(Cl)cc1NC(=O)c1cncc(N)n1. The van der Waals surface area contributed by atoms with Crippen molar-refractivity contribution in [2.75, 3.05) is 11.1 Å². The van der Waals surface area contributed by atoms with Crippen LogP contribution < -0.4 is 11.1 Å². The summed E-state index contributed by atoms with van der Waals surface area (Å²) in [6.45, 7) is 0. The number of nitrogens with zero attached hydrogens (tertiary/aromatic N) is 3. The number of rotatable bonds is 2. The van der Waals surface area contributed by atoms with Gasteiger partial charge in [-0.15, -0.1) is 0 Å². The van der Waals surface area contributed by atoms with E-state index < -0.39 is 5.91 Å². The number of nitrogens with two attached hydrogens (primary N) is 1. The van der Waals surface area contributed by atoms with Crippen molar-refractivity contribution in [1.82, 2.24) is 9.97 Å². The van der Waals surface area contributed by atoms with E-state index in [1.807, 2.05) is 6.07 Å². The average Bonchev–Trinajstić information content (AvgIpc) is 2.39. The number of nitrogen functional groups attached to an aromatic ring is 1. The van der Waals surface area contributed by atoms with Crippen molar-refractivity contribution in [3.05, 3.63) is 46.9 Å². The number of carbonyl (C=O) groups excluding carboxylic acids is 1. The van der Waals surface area contributed by atoms with Crippen LogP contribution >= 0.6 is 11.6 Å². The Balaban J connectivity index is 2.29. The fraction of sp³-hybridized carbons (Fsp3) is 0. The molecule has 1 heterocycles. The molecule has 1 aromatic heterocycles. The Kier molecular flexibility index (Phi) is 3.59. The maximum Gasteiger partial charge on any atom is 0.275 e. The molecule has 0 fully saturated rings. The van der Waals surface area contributed by atoms with E-state index in [-0.39, 0.29) is 11.5 Å². The predicted molar refractivity (Wildman–Crippen MR) is 70.6 cm³/mol. The molecule has 2 rings (SSSR count). The summed E-state index contributed by atoms with van der Waals surface area (Å²) >= 11 is 5.82. The van der Waals surface area contributed by atoms with Crippen molar-refractivity contribution in [3.8, 4) is 6.07 Å². The number of carbonyl (C=O) groups is 1. The molecule has 1 amide bonds. The average molecular weight is 274 g/mol. The largest absolute Gasteiger partial charge is 0.382 e. The van der Waals surface area contributed by atoms with Crippen LogP contribution in [-0.4, -0.2) is 15.9 Å². The topological polar surface area (TPSA) is 105 Å². The zero-order valence-electron chi connectivity index (χ0n) is 9.59. The highest BCUT2D eigenvalue weighted by atomic mass is 35.5. The van der Waals surface area contributed by atoms with Gasteiger partial charge < -0.3 is 11.1 Å². The Morgan fingerprint density at radius 3 is 2.89 bits per heavy atom. The first kappa shape index (κ1) is 12.8. The van der Waals surface area contributed by atoms with Crippen LogP contribution in [0.1, 0.15) is 16.1 Å². The van der Waals surface area contributed by atoms with E-state index in [4.69, 9.17) is 22.6 Å². The number of nitrogens with one attached hydrogen (secondary N) is 1. The van der Waals surface area contributed by atoms with Gasteiger partial charge in [-0.1, -0.05) is 11.6 Å². The lowest BCUT2D eigenvalue weighted by Gasteiger charge is -2.07. The molecule has 0 aliphatic rings. The van der Waals surface area contributed by atoms with Crippen molar-refractivity contribution in [1.29, 1.82) is 5.26 Å². The van der Waals surface area contributed by atoms with Crippen LogP contribution in [0.15, 0.2) is 30.6 Å². The molecule has 0 aliphatic heterocycles. The third-order valence-electron chi connectivity index (χ3n) is 2.24. The van der Waals surface area contributed by atoms with Crippen LogP contribution in [-0.2, 0) is 0 Å². The molecule has 0 saturated carbocycles. The Bertz CT molecular complexity index is 680. The lowest BCUT2D eigenvalue weighted by atomic mass is 10.2. The molecule has 0 atom stereocenters. The van der Waals surface area contributed by atoms with E-state index in [0.717, 1.165) is 0 Å². The molecule has 3 N–H and O–H groups in total. The second kappa shape index (κ2) is 5.33. The molecule has 6 nitrogen and oxygen atoms in total. The predicted octanol–water partition coefficient (Wildman–Crippen LogP) is 1.84. The summed E-state index contributed by atoms with van der Waals surface area (Å²) in [7, 11) is 0. The van der Waals surface area contributed by atoms with E-state index in [1.54, 1.807) is 6.07 Å². The van der Waals surface area contributed by atoms with Crippen molar-refractivity contribution < 1.29 is 4.79 Å². The molecule has 94 valence electrons. The molecule has 0 aliphatic carbocycles. The first-order chi connectivity index (χ1) is 9.10. The van der Waals surface area contributed by atoms with E-state index in [1.165, 1.54) is 24.5 Å². The molecule has 7 heteroatoms. The first-order valence-corrected chi connectivity index (χ1v) is 5.56. The van der Waals surface area contributed by atoms with Crippen LogP contribution in [0.3, 0.4) is 0 Å². The molecule has 0 bridgehead atoms. The minimum Gasteiger partial charge on any atom is -0.382 e. The highest BCUT2D eigenvalue weighted by Gasteiger charge is 2.11. The van der Waals surface area contributed by atoms with Gasteiger partial charge in [0.1, 0.15) is 17.6 Å². The minimum absolute atomic E-state index is 0.0591. The Hall–Kier alpha value is -2.65. The summed E-state index contributed by atoms with van der Waals surface area (Å²) in [6.07, 6.45) is 2.61. The zero-order valence-corrected chi connectivity index (χ0v) is 10.3. The number of halogens is 1.